The molecule has 1 aliphatic heterocycles. The van der Waals surface area contributed by atoms with Crippen LogP contribution >= 0.6 is 11.6 Å². The first-order valence-corrected chi connectivity index (χ1v) is 8.05. The Hall–Kier alpha value is -1.04. The summed E-state index contributed by atoms with van der Waals surface area (Å²) in [5, 5.41) is 0.607. The fourth-order valence-corrected chi connectivity index (χ4v) is 4.40. The summed E-state index contributed by atoms with van der Waals surface area (Å²) in [5.41, 5.74) is 0.917. The summed E-state index contributed by atoms with van der Waals surface area (Å²) in [5.74, 6) is 0.305. The third kappa shape index (κ3) is 2.16. The second-order valence-electron chi connectivity index (χ2n) is 5.14. The summed E-state index contributed by atoms with van der Waals surface area (Å²) in [4.78, 5) is 0. The predicted octanol–water partition coefficient (Wildman–Crippen LogP) is 2.78. The molecule has 19 heavy (non-hydrogen) atoms. The summed E-state index contributed by atoms with van der Waals surface area (Å²) < 4.78 is 29.4. The molecule has 0 spiro atoms. The van der Waals surface area contributed by atoms with Crippen molar-refractivity contribution in [2.45, 2.75) is 24.8 Å². The van der Waals surface area contributed by atoms with Crippen LogP contribution in [0, 0.1) is 5.92 Å². The summed E-state index contributed by atoms with van der Waals surface area (Å²) in [6, 6.07) is 5.25. The zero-order valence-corrected chi connectivity index (χ0v) is 11.9. The Labute approximate surface area is 118 Å². The van der Waals surface area contributed by atoms with Gasteiger partial charge in [-0.05, 0) is 48.9 Å². The van der Waals surface area contributed by atoms with Gasteiger partial charge in [-0.25, -0.2) is 0 Å². The van der Waals surface area contributed by atoms with Crippen molar-refractivity contribution in [1.29, 1.82) is 0 Å². The molecule has 0 aromatic heterocycles. The Morgan fingerprint density at radius 3 is 2.84 bits per heavy atom. The molecule has 0 saturated heterocycles. The molecule has 1 heterocycles. The smallest absolute Gasteiger partial charge is 0.271 e. The van der Waals surface area contributed by atoms with Gasteiger partial charge in [-0.1, -0.05) is 17.7 Å². The number of nitrogens with one attached hydrogen (secondary N) is 2. The van der Waals surface area contributed by atoms with Crippen LogP contribution in [-0.4, -0.2) is 8.42 Å². The molecule has 1 aromatic rings. The zero-order chi connectivity index (χ0) is 13.7. The van der Waals surface area contributed by atoms with Crippen LogP contribution in [0.1, 0.15) is 24.8 Å². The second kappa shape index (κ2) is 4.23. The van der Waals surface area contributed by atoms with Gasteiger partial charge in [-0.2, -0.15) is 13.1 Å². The highest BCUT2D eigenvalue weighted by atomic mass is 35.5. The van der Waals surface area contributed by atoms with Crippen LogP contribution in [0.4, 0.5) is 5.69 Å². The van der Waals surface area contributed by atoms with Gasteiger partial charge in [0.05, 0.1) is 11.2 Å². The summed E-state index contributed by atoms with van der Waals surface area (Å²) in [6.45, 7) is 3.76. The number of halogens is 1. The SMILES string of the molecule is C=CCC1(C2CC2)NS(=O)(=O)Nc2ccc(Cl)cc21. The van der Waals surface area contributed by atoms with E-state index in [2.05, 4.69) is 16.0 Å². The number of hydrogen-bond acceptors (Lipinski definition) is 2. The van der Waals surface area contributed by atoms with Gasteiger partial charge in [0.1, 0.15) is 0 Å². The topological polar surface area (TPSA) is 58.2 Å². The lowest BCUT2D eigenvalue weighted by molar-refractivity contribution is 0.342. The predicted molar refractivity (Wildman–Crippen MR) is 76.3 cm³/mol. The quantitative estimate of drug-likeness (QED) is 0.843. The van der Waals surface area contributed by atoms with E-state index in [1.807, 2.05) is 6.07 Å². The number of hydrogen-bond donors (Lipinski definition) is 2. The minimum Gasteiger partial charge on any atom is -0.271 e. The molecule has 2 aliphatic rings. The standard InChI is InChI=1S/C13H15ClN2O2S/c1-2-7-13(9-3-4-9)11-8-10(14)5-6-12(11)15-19(17,18)16-13/h2,5-6,8-9,15-16H,1,3-4,7H2. The number of anilines is 1. The van der Waals surface area contributed by atoms with Crippen molar-refractivity contribution in [2.24, 2.45) is 5.92 Å². The Kier molecular flexibility index (Phi) is 2.89. The van der Waals surface area contributed by atoms with E-state index >= 15 is 0 Å². The van der Waals surface area contributed by atoms with Crippen LogP contribution in [0.15, 0.2) is 30.9 Å². The van der Waals surface area contributed by atoms with Gasteiger partial charge in [-0.15, -0.1) is 6.58 Å². The van der Waals surface area contributed by atoms with E-state index in [4.69, 9.17) is 11.6 Å². The largest absolute Gasteiger partial charge is 0.299 e. The Bertz CT molecular complexity index is 640. The van der Waals surface area contributed by atoms with Crippen LogP contribution in [0.25, 0.3) is 0 Å². The lowest BCUT2D eigenvalue weighted by Crippen LogP contribution is -2.53. The molecule has 4 nitrogen and oxygen atoms in total. The van der Waals surface area contributed by atoms with Gasteiger partial charge in [0, 0.05) is 5.02 Å². The molecule has 1 aromatic carbocycles. The van der Waals surface area contributed by atoms with Crippen molar-refractivity contribution >= 4 is 27.5 Å². The maximum atomic E-state index is 12.0. The monoisotopic (exact) mass is 298 g/mol. The first kappa shape index (κ1) is 13.0. The van der Waals surface area contributed by atoms with Gasteiger partial charge in [-0.3, -0.25) is 4.72 Å². The van der Waals surface area contributed by atoms with Gasteiger partial charge in [0.25, 0.3) is 10.2 Å². The van der Waals surface area contributed by atoms with Gasteiger partial charge >= 0.3 is 0 Å². The normalized spacial score (nSPS) is 28.3. The number of benzene rings is 1. The Morgan fingerprint density at radius 2 is 2.21 bits per heavy atom. The van der Waals surface area contributed by atoms with Crippen molar-refractivity contribution in [2.75, 3.05) is 4.72 Å². The van der Waals surface area contributed by atoms with E-state index in [1.165, 1.54) is 0 Å². The van der Waals surface area contributed by atoms with Gasteiger partial charge in [0.2, 0.25) is 0 Å². The summed E-state index contributed by atoms with van der Waals surface area (Å²) >= 11 is 6.07. The minimum absolute atomic E-state index is 0.305. The van der Waals surface area contributed by atoms with Crippen molar-refractivity contribution in [3.05, 3.63) is 41.4 Å². The van der Waals surface area contributed by atoms with Crippen molar-refractivity contribution in [3.8, 4) is 0 Å². The van der Waals surface area contributed by atoms with E-state index in [0.29, 0.717) is 23.0 Å². The van der Waals surface area contributed by atoms with E-state index in [-0.39, 0.29) is 0 Å². The van der Waals surface area contributed by atoms with Gasteiger partial charge < -0.3 is 0 Å². The molecule has 0 radical (unpaired) electrons. The van der Waals surface area contributed by atoms with Gasteiger partial charge in [0.15, 0.2) is 0 Å². The zero-order valence-electron chi connectivity index (χ0n) is 10.3. The maximum absolute atomic E-state index is 12.0. The molecule has 1 atom stereocenters. The fraction of sp³-hybridized carbons (Fsp3) is 0.385. The summed E-state index contributed by atoms with van der Waals surface area (Å²) in [6.07, 6.45) is 4.35. The highest BCUT2D eigenvalue weighted by Gasteiger charge is 2.51. The third-order valence-corrected chi connectivity index (χ3v) is 5.12. The molecule has 0 amide bonds. The van der Waals surface area contributed by atoms with Crippen LogP contribution in [-0.2, 0) is 15.7 Å². The molecular weight excluding hydrogens is 284 g/mol. The molecular formula is C13H15ClN2O2S. The average molecular weight is 299 g/mol. The summed E-state index contributed by atoms with van der Waals surface area (Å²) in [7, 11) is -3.53. The molecule has 3 rings (SSSR count). The van der Waals surface area contributed by atoms with E-state index in [1.54, 1.807) is 18.2 Å². The average Bonchev–Trinajstić information content (AvgIpc) is 3.13. The van der Waals surface area contributed by atoms with Crippen molar-refractivity contribution in [3.63, 3.8) is 0 Å². The fourth-order valence-electron chi connectivity index (χ4n) is 2.86. The van der Waals surface area contributed by atoms with Crippen LogP contribution in [0.3, 0.4) is 0 Å². The molecule has 2 N–H and O–H groups in total. The maximum Gasteiger partial charge on any atom is 0.299 e. The number of fused-ring (bicyclic) bond motifs is 1. The lowest BCUT2D eigenvalue weighted by atomic mass is 9.82. The highest BCUT2D eigenvalue weighted by Crippen LogP contribution is 2.52. The van der Waals surface area contributed by atoms with Crippen molar-refractivity contribution < 1.29 is 8.42 Å². The molecule has 1 fully saturated rings. The second-order valence-corrected chi connectivity index (χ2v) is 6.99. The lowest BCUT2D eigenvalue weighted by Gasteiger charge is -2.39. The van der Waals surface area contributed by atoms with Crippen LogP contribution in [0.2, 0.25) is 5.02 Å². The molecule has 1 saturated carbocycles. The first-order valence-electron chi connectivity index (χ1n) is 6.19. The van der Waals surface area contributed by atoms with E-state index in [9.17, 15) is 8.42 Å². The molecule has 102 valence electrons. The van der Waals surface area contributed by atoms with Crippen molar-refractivity contribution in [1.82, 2.24) is 4.72 Å². The van der Waals surface area contributed by atoms with Crippen LogP contribution in [0.5, 0.6) is 0 Å². The third-order valence-electron chi connectivity index (χ3n) is 3.76. The Morgan fingerprint density at radius 1 is 1.47 bits per heavy atom. The molecule has 6 heteroatoms. The Balaban J connectivity index is 2.23. The van der Waals surface area contributed by atoms with E-state index < -0.39 is 15.7 Å². The minimum atomic E-state index is -3.53. The van der Waals surface area contributed by atoms with E-state index in [0.717, 1.165) is 18.4 Å². The first-order chi connectivity index (χ1) is 8.97. The highest BCUT2D eigenvalue weighted by molar-refractivity contribution is 7.90. The molecule has 0 bridgehead atoms. The molecule has 1 unspecified atom stereocenters. The van der Waals surface area contributed by atoms with Crippen LogP contribution < -0.4 is 9.44 Å². The number of rotatable bonds is 3. The molecule has 1 aliphatic carbocycles.